The van der Waals surface area contributed by atoms with Crippen molar-refractivity contribution in [2.75, 3.05) is 13.2 Å². The van der Waals surface area contributed by atoms with E-state index in [0.717, 1.165) is 44.6 Å². The van der Waals surface area contributed by atoms with Gasteiger partial charge in [-0.25, -0.2) is 0 Å². The number of hydrogen-bond acceptors (Lipinski definition) is 3. The van der Waals surface area contributed by atoms with Crippen LogP contribution in [-0.4, -0.2) is 24.5 Å². The van der Waals surface area contributed by atoms with Gasteiger partial charge in [-0.1, -0.05) is 12.1 Å². The third-order valence-electron chi connectivity index (χ3n) is 4.38. The number of ether oxygens (including phenoxy) is 1. The summed E-state index contributed by atoms with van der Waals surface area (Å²) in [5.74, 6) is 1.36. The first-order valence-electron chi connectivity index (χ1n) is 7.20. The SMILES string of the molecule is CC1(C(=O)CCc2ccc3c(c2)CCO3)CCCN1. The fourth-order valence-electron chi connectivity index (χ4n) is 3.06. The third kappa shape index (κ3) is 2.52. The molecule has 3 nitrogen and oxygen atoms in total. The molecule has 0 saturated carbocycles. The van der Waals surface area contributed by atoms with Crippen molar-refractivity contribution in [2.45, 2.75) is 44.6 Å². The highest BCUT2D eigenvalue weighted by atomic mass is 16.5. The lowest BCUT2D eigenvalue weighted by Crippen LogP contribution is -2.44. The highest BCUT2D eigenvalue weighted by Crippen LogP contribution is 2.27. The van der Waals surface area contributed by atoms with Crippen LogP contribution in [0.5, 0.6) is 5.75 Å². The fourth-order valence-corrected chi connectivity index (χ4v) is 3.06. The molecule has 2 aliphatic rings. The van der Waals surface area contributed by atoms with Gasteiger partial charge in [0, 0.05) is 12.8 Å². The molecule has 102 valence electrons. The van der Waals surface area contributed by atoms with E-state index in [2.05, 4.69) is 17.4 Å². The minimum Gasteiger partial charge on any atom is -0.493 e. The van der Waals surface area contributed by atoms with Gasteiger partial charge in [0.1, 0.15) is 5.75 Å². The van der Waals surface area contributed by atoms with E-state index in [0.29, 0.717) is 12.2 Å². The van der Waals surface area contributed by atoms with E-state index >= 15 is 0 Å². The number of nitrogens with one attached hydrogen (secondary N) is 1. The van der Waals surface area contributed by atoms with Crippen molar-refractivity contribution in [3.05, 3.63) is 29.3 Å². The zero-order chi connectivity index (χ0) is 13.3. The van der Waals surface area contributed by atoms with E-state index in [1.807, 2.05) is 13.0 Å². The number of rotatable bonds is 4. The van der Waals surface area contributed by atoms with Crippen LogP contribution in [0.4, 0.5) is 0 Å². The first-order chi connectivity index (χ1) is 9.17. The number of benzene rings is 1. The van der Waals surface area contributed by atoms with Crippen molar-refractivity contribution in [3.63, 3.8) is 0 Å². The third-order valence-corrected chi connectivity index (χ3v) is 4.38. The van der Waals surface area contributed by atoms with E-state index in [1.165, 1.54) is 11.1 Å². The molecule has 0 aliphatic carbocycles. The molecule has 1 fully saturated rings. The maximum Gasteiger partial charge on any atom is 0.152 e. The van der Waals surface area contributed by atoms with Crippen LogP contribution in [-0.2, 0) is 17.6 Å². The monoisotopic (exact) mass is 259 g/mol. The second-order valence-corrected chi connectivity index (χ2v) is 5.83. The molecule has 0 radical (unpaired) electrons. The van der Waals surface area contributed by atoms with E-state index < -0.39 is 0 Å². The van der Waals surface area contributed by atoms with Crippen LogP contribution in [0.1, 0.15) is 37.3 Å². The topological polar surface area (TPSA) is 38.3 Å². The van der Waals surface area contributed by atoms with Gasteiger partial charge in [-0.15, -0.1) is 0 Å². The molecule has 19 heavy (non-hydrogen) atoms. The maximum atomic E-state index is 12.3. The Hall–Kier alpha value is -1.35. The minimum absolute atomic E-state index is 0.278. The maximum absolute atomic E-state index is 12.3. The van der Waals surface area contributed by atoms with Crippen molar-refractivity contribution in [1.82, 2.24) is 5.32 Å². The summed E-state index contributed by atoms with van der Waals surface area (Å²) in [6.07, 6.45) is 4.55. The van der Waals surface area contributed by atoms with Gasteiger partial charge in [0.25, 0.3) is 0 Å². The summed E-state index contributed by atoms with van der Waals surface area (Å²) in [7, 11) is 0. The first-order valence-corrected chi connectivity index (χ1v) is 7.20. The van der Waals surface area contributed by atoms with Crippen molar-refractivity contribution in [2.24, 2.45) is 0 Å². The van der Waals surface area contributed by atoms with E-state index in [-0.39, 0.29) is 5.54 Å². The van der Waals surface area contributed by atoms with Crippen LogP contribution in [0.25, 0.3) is 0 Å². The largest absolute Gasteiger partial charge is 0.493 e. The summed E-state index contributed by atoms with van der Waals surface area (Å²) >= 11 is 0. The second kappa shape index (κ2) is 4.97. The fraction of sp³-hybridized carbons (Fsp3) is 0.562. The molecule has 2 heterocycles. The summed E-state index contributed by atoms with van der Waals surface area (Å²) < 4.78 is 5.50. The Morgan fingerprint density at radius 3 is 3.16 bits per heavy atom. The van der Waals surface area contributed by atoms with Crippen molar-refractivity contribution in [3.8, 4) is 5.75 Å². The average molecular weight is 259 g/mol. The zero-order valence-corrected chi connectivity index (χ0v) is 11.5. The van der Waals surface area contributed by atoms with Crippen LogP contribution in [0, 0.1) is 0 Å². The smallest absolute Gasteiger partial charge is 0.152 e. The minimum atomic E-state index is -0.278. The summed E-state index contributed by atoms with van der Waals surface area (Å²) in [4.78, 5) is 12.3. The Morgan fingerprint density at radius 1 is 1.47 bits per heavy atom. The zero-order valence-electron chi connectivity index (χ0n) is 11.5. The molecule has 2 aliphatic heterocycles. The Kier molecular flexibility index (Phi) is 3.31. The van der Waals surface area contributed by atoms with E-state index in [4.69, 9.17) is 4.74 Å². The predicted octanol–water partition coefficient (Wildman–Crippen LogP) is 2.27. The van der Waals surface area contributed by atoms with Gasteiger partial charge in [0.05, 0.1) is 12.1 Å². The van der Waals surface area contributed by atoms with Crippen LogP contribution in [0.3, 0.4) is 0 Å². The van der Waals surface area contributed by atoms with Crippen LogP contribution in [0.2, 0.25) is 0 Å². The molecule has 0 amide bonds. The Bertz CT molecular complexity index is 490. The van der Waals surface area contributed by atoms with Gasteiger partial charge in [0.15, 0.2) is 5.78 Å². The number of Topliss-reactive ketones (excluding diaryl/α,β-unsaturated/α-hetero) is 1. The second-order valence-electron chi connectivity index (χ2n) is 5.83. The number of carbonyl (C=O) groups is 1. The van der Waals surface area contributed by atoms with Crippen LogP contribution in [0.15, 0.2) is 18.2 Å². The molecule has 3 heteroatoms. The van der Waals surface area contributed by atoms with Gasteiger partial charge in [0.2, 0.25) is 0 Å². The molecule has 1 atom stereocenters. The Labute approximate surface area is 114 Å². The molecule has 1 aromatic rings. The molecule has 0 spiro atoms. The predicted molar refractivity (Wildman–Crippen MR) is 74.6 cm³/mol. The van der Waals surface area contributed by atoms with Crippen LogP contribution < -0.4 is 10.1 Å². The molecule has 1 N–H and O–H groups in total. The molecule has 1 saturated heterocycles. The molecule has 0 bridgehead atoms. The van der Waals surface area contributed by atoms with Crippen molar-refractivity contribution in [1.29, 1.82) is 0 Å². The highest BCUT2D eigenvalue weighted by Gasteiger charge is 2.34. The molecular weight excluding hydrogens is 238 g/mol. The standard InChI is InChI=1S/C16H21NO2/c1-16(8-2-9-17-16)15(18)6-4-12-3-5-14-13(11-12)7-10-19-14/h3,5,11,17H,2,4,6-10H2,1H3. The van der Waals surface area contributed by atoms with Gasteiger partial charge >= 0.3 is 0 Å². The Morgan fingerprint density at radius 2 is 2.37 bits per heavy atom. The Balaban J connectivity index is 1.61. The van der Waals surface area contributed by atoms with Gasteiger partial charge < -0.3 is 10.1 Å². The number of fused-ring (bicyclic) bond motifs is 1. The molecule has 1 unspecified atom stereocenters. The normalized spacial score (nSPS) is 25.1. The molecular formula is C16H21NO2. The quantitative estimate of drug-likeness (QED) is 0.901. The molecule has 0 aromatic heterocycles. The van der Waals surface area contributed by atoms with Crippen molar-refractivity contribution < 1.29 is 9.53 Å². The first kappa shape index (κ1) is 12.7. The lowest BCUT2D eigenvalue weighted by molar-refractivity contribution is -0.124. The average Bonchev–Trinajstić information content (AvgIpc) is 3.04. The number of aryl methyl sites for hydroxylation is 1. The van der Waals surface area contributed by atoms with E-state index in [1.54, 1.807) is 0 Å². The van der Waals surface area contributed by atoms with E-state index in [9.17, 15) is 4.79 Å². The molecule has 3 rings (SSSR count). The summed E-state index contributed by atoms with van der Waals surface area (Å²) in [6.45, 7) is 3.80. The molecule has 1 aromatic carbocycles. The number of hydrogen-bond donors (Lipinski definition) is 1. The van der Waals surface area contributed by atoms with Gasteiger partial charge in [-0.3, -0.25) is 4.79 Å². The van der Waals surface area contributed by atoms with Gasteiger partial charge in [-0.05, 0) is 49.9 Å². The lowest BCUT2D eigenvalue weighted by atomic mass is 9.90. The summed E-state index contributed by atoms with van der Waals surface area (Å²) in [5, 5.41) is 3.34. The van der Waals surface area contributed by atoms with Crippen LogP contribution >= 0.6 is 0 Å². The van der Waals surface area contributed by atoms with Crippen molar-refractivity contribution >= 4 is 5.78 Å². The lowest BCUT2D eigenvalue weighted by Gasteiger charge is -2.22. The summed E-state index contributed by atoms with van der Waals surface area (Å²) in [5.41, 5.74) is 2.26. The highest BCUT2D eigenvalue weighted by molar-refractivity contribution is 5.88. The van der Waals surface area contributed by atoms with Gasteiger partial charge in [-0.2, -0.15) is 0 Å². The number of carbonyl (C=O) groups excluding carboxylic acids is 1. The number of ketones is 1. The summed E-state index contributed by atoms with van der Waals surface area (Å²) in [6, 6.07) is 6.32.